The van der Waals surface area contributed by atoms with Crippen molar-refractivity contribution < 1.29 is 8.42 Å². The fraction of sp³-hybridized carbons (Fsp3) is 0.143. The van der Waals surface area contributed by atoms with Crippen molar-refractivity contribution in [2.45, 2.75) is 11.3 Å². The van der Waals surface area contributed by atoms with Gasteiger partial charge in [-0.05, 0) is 35.9 Å². The van der Waals surface area contributed by atoms with Gasteiger partial charge in [0.1, 0.15) is 5.82 Å². The standard InChI is InChI=1S/C14H13N3O2S/c1-20(18,19)11-2-3-12-13(9-11)17-14(16-12)8-10-4-6-15-7-5-10/h2-7,9H,8H2,1H3,(H,16,17). The number of benzene rings is 1. The lowest BCUT2D eigenvalue weighted by Gasteiger charge is -1.96. The summed E-state index contributed by atoms with van der Waals surface area (Å²) in [5, 5.41) is 0. The van der Waals surface area contributed by atoms with E-state index in [-0.39, 0.29) is 0 Å². The number of H-pyrrole nitrogens is 1. The molecule has 20 heavy (non-hydrogen) atoms. The topological polar surface area (TPSA) is 75.7 Å². The van der Waals surface area contributed by atoms with Crippen LogP contribution in [0.25, 0.3) is 11.0 Å². The monoisotopic (exact) mass is 287 g/mol. The number of sulfone groups is 1. The van der Waals surface area contributed by atoms with Crippen molar-refractivity contribution in [2.24, 2.45) is 0 Å². The molecular weight excluding hydrogens is 274 g/mol. The average Bonchev–Trinajstić information content (AvgIpc) is 2.80. The van der Waals surface area contributed by atoms with Crippen LogP contribution in [0.3, 0.4) is 0 Å². The normalized spacial score (nSPS) is 11.8. The van der Waals surface area contributed by atoms with E-state index in [1.54, 1.807) is 30.6 Å². The van der Waals surface area contributed by atoms with E-state index in [4.69, 9.17) is 0 Å². The zero-order chi connectivity index (χ0) is 14.2. The molecule has 1 N–H and O–H groups in total. The molecule has 0 aliphatic heterocycles. The summed E-state index contributed by atoms with van der Waals surface area (Å²) in [5.41, 5.74) is 2.60. The molecule has 3 rings (SSSR count). The molecule has 0 spiro atoms. The first-order valence-electron chi connectivity index (χ1n) is 6.10. The number of hydrogen-bond donors (Lipinski definition) is 1. The summed E-state index contributed by atoms with van der Waals surface area (Å²) in [6, 6.07) is 8.77. The van der Waals surface area contributed by atoms with E-state index in [1.807, 2.05) is 12.1 Å². The van der Waals surface area contributed by atoms with Crippen LogP contribution in [-0.4, -0.2) is 29.6 Å². The molecule has 0 fully saturated rings. The number of fused-ring (bicyclic) bond motifs is 1. The Labute approximate surface area is 116 Å². The Morgan fingerprint density at radius 2 is 1.90 bits per heavy atom. The number of aromatic amines is 1. The third-order valence-electron chi connectivity index (χ3n) is 3.05. The number of nitrogens with zero attached hydrogens (tertiary/aromatic N) is 2. The molecule has 1 aromatic carbocycles. The van der Waals surface area contributed by atoms with Crippen LogP contribution in [0.4, 0.5) is 0 Å². The van der Waals surface area contributed by atoms with Crippen molar-refractivity contribution >= 4 is 20.9 Å². The quantitative estimate of drug-likeness (QED) is 0.799. The summed E-state index contributed by atoms with van der Waals surface area (Å²) in [6.45, 7) is 0. The second-order valence-corrected chi connectivity index (χ2v) is 6.68. The third-order valence-corrected chi connectivity index (χ3v) is 4.16. The van der Waals surface area contributed by atoms with Gasteiger partial charge in [-0.1, -0.05) is 0 Å². The molecule has 2 aromatic heterocycles. The van der Waals surface area contributed by atoms with Crippen LogP contribution in [0.15, 0.2) is 47.6 Å². The van der Waals surface area contributed by atoms with E-state index in [1.165, 1.54) is 6.26 Å². The van der Waals surface area contributed by atoms with E-state index in [0.717, 1.165) is 22.4 Å². The van der Waals surface area contributed by atoms with Crippen molar-refractivity contribution in [1.29, 1.82) is 0 Å². The molecule has 0 saturated heterocycles. The molecule has 0 saturated carbocycles. The Bertz CT molecular complexity index is 855. The lowest BCUT2D eigenvalue weighted by molar-refractivity contribution is 0.602. The molecule has 0 radical (unpaired) electrons. The van der Waals surface area contributed by atoms with Gasteiger partial charge < -0.3 is 4.98 Å². The van der Waals surface area contributed by atoms with Crippen molar-refractivity contribution in [3.8, 4) is 0 Å². The first-order chi connectivity index (χ1) is 9.52. The Hall–Kier alpha value is -2.21. The Morgan fingerprint density at radius 1 is 1.15 bits per heavy atom. The maximum Gasteiger partial charge on any atom is 0.175 e. The van der Waals surface area contributed by atoms with Crippen LogP contribution in [0, 0.1) is 0 Å². The first kappa shape index (κ1) is 12.8. The van der Waals surface area contributed by atoms with Crippen LogP contribution >= 0.6 is 0 Å². The predicted octanol–water partition coefficient (Wildman–Crippen LogP) is 1.95. The minimum absolute atomic E-state index is 0.295. The highest BCUT2D eigenvalue weighted by atomic mass is 32.2. The Balaban J connectivity index is 1.99. The van der Waals surface area contributed by atoms with Gasteiger partial charge in [-0.25, -0.2) is 13.4 Å². The van der Waals surface area contributed by atoms with Crippen LogP contribution in [0.2, 0.25) is 0 Å². The van der Waals surface area contributed by atoms with Gasteiger partial charge in [-0.15, -0.1) is 0 Å². The third kappa shape index (κ3) is 2.55. The SMILES string of the molecule is CS(=O)(=O)c1ccc2nc(Cc3ccncc3)[nH]c2c1. The van der Waals surface area contributed by atoms with Crippen molar-refractivity contribution in [3.05, 3.63) is 54.1 Å². The molecule has 0 unspecified atom stereocenters. The minimum Gasteiger partial charge on any atom is -0.342 e. The van der Waals surface area contributed by atoms with Crippen molar-refractivity contribution in [3.63, 3.8) is 0 Å². The number of nitrogens with one attached hydrogen (secondary N) is 1. The minimum atomic E-state index is -3.20. The lowest BCUT2D eigenvalue weighted by atomic mass is 10.2. The van der Waals surface area contributed by atoms with Crippen LogP contribution in [0.5, 0.6) is 0 Å². The molecular formula is C14H13N3O2S. The zero-order valence-electron chi connectivity index (χ0n) is 10.9. The van der Waals surface area contributed by atoms with E-state index in [9.17, 15) is 8.42 Å². The molecule has 102 valence electrons. The highest BCUT2D eigenvalue weighted by Crippen LogP contribution is 2.18. The smallest absolute Gasteiger partial charge is 0.175 e. The van der Waals surface area contributed by atoms with Gasteiger partial charge in [0.15, 0.2) is 9.84 Å². The summed E-state index contributed by atoms with van der Waals surface area (Å²) in [7, 11) is -3.20. The van der Waals surface area contributed by atoms with Gasteiger partial charge in [0, 0.05) is 25.1 Å². The Kier molecular flexibility index (Phi) is 3.02. The molecule has 2 heterocycles. The maximum absolute atomic E-state index is 11.5. The predicted molar refractivity (Wildman–Crippen MR) is 76.2 cm³/mol. The highest BCUT2D eigenvalue weighted by molar-refractivity contribution is 7.90. The number of aromatic nitrogens is 3. The summed E-state index contributed by atoms with van der Waals surface area (Å²) in [4.78, 5) is 11.9. The number of pyridine rings is 1. The van der Waals surface area contributed by atoms with Crippen LogP contribution in [0.1, 0.15) is 11.4 Å². The number of rotatable bonds is 3. The summed E-state index contributed by atoms with van der Waals surface area (Å²) in [5.74, 6) is 0.803. The fourth-order valence-electron chi connectivity index (χ4n) is 2.05. The van der Waals surface area contributed by atoms with E-state index >= 15 is 0 Å². The van der Waals surface area contributed by atoms with Gasteiger partial charge in [-0.3, -0.25) is 4.98 Å². The summed E-state index contributed by atoms with van der Waals surface area (Å²) >= 11 is 0. The van der Waals surface area contributed by atoms with Crippen LogP contribution in [-0.2, 0) is 16.3 Å². The van der Waals surface area contributed by atoms with Gasteiger partial charge in [-0.2, -0.15) is 0 Å². The summed E-state index contributed by atoms with van der Waals surface area (Å²) in [6.07, 6.45) is 5.33. The molecule has 5 nitrogen and oxygen atoms in total. The maximum atomic E-state index is 11.5. The summed E-state index contributed by atoms with van der Waals surface area (Å²) < 4.78 is 23.1. The van der Waals surface area contributed by atoms with E-state index in [2.05, 4.69) is 15.0 Å². The van der Waals surface area contributed by atoms with Gasteiger partial charge >= 0.3 is 0 Å². The molecule has 0 bridgehead atoms. The zero-order valence-corrected chi connectivity index (χ0v) is 11.7. The van der Waals surface area contributed by atoms with E-state index < -0.39 is 9.84 Å². The second kappa shape index (κ2) is 4.72. The second-order valence-electron chi connectivity index (χ2n) is 4.67. The largest absolute Gasteiger partial charge is 0.342 e. The highest BCUT2D eigenvalue weighted by Gasteiger charge is 2.10. The van der Waals surface area contributed by atoms with Gasteiger partial charge in [0.2, 0.25) is 0 Å². The number of hydrogen-bond acceptors (Lipinski definition) is 4. The lowest BCUT2D eigenvalue weighted by Crippen LogP contribution is -1.96. The molecule has 0 aliphatic carbocycles. The first-order valence-corrected chi connectivity index (χ1v) is 7.99. The van der Waals surface area contributed by atoms with Crippen molar-refractivity contribution in [2.75, 3.05) is 6.26 Å². The molecule has 0 amide bonds. The van der Waals surface area contributed by atoms with Gasteiger partial charge in [0.25, 0.3) is 0 Å². The molecule has 6 heteroatoms. The van der Waals surface area contributed by atoms with Crippen LogP contribution < -0.4 is 0 Å². The average molecular weight is 287 g/mol. The Morgan fingerprint density at radius 3 is 2.60 bits per heavy atom. The fourth-order valence-corrected chi connectivity index (χ4v) is 2.70. The molecule has 0 atom stereocenters. The van der Waals surface area contributed by atoms with Crippen molar-refractivity contribution in [1.82, 2.24) is 15.0 Å². The molecule has 0 aliphatic rings. The van der Waals surface area contributed by atoms with Gasteiger partial charge in [0.05, 0.1) is 15.9 Å². The molecule has 3 aromatic rings. The number of imidazole rings is 1. The van der Waals surface area contributed by atoms with E-state index in [0.29, 0.717) is 11.3 Å².